The fraction of sp³-hybridized carbons (Fsp3) is 0.0435. The molecule has 0 saturated heterocycles. The van der Waals surface area contributed by atoms with Gasteiger partial charge < -0.3 is 10.1 Å². The van der Waals surface area contributed by atoms with Crippen molar-refractivity contribution in [2.24, 2.45) is 0 Å². The molecule has 0 heterocycles. The highest BCUT2D eigenvalue weighted by molar-refractivity contribution is 9.10. The second-order valence-corrected chi connectivity index (χ2v) is 7.86. The van der Waals surface area contributed by atoms with Crippen LogP contribution < -0.4 is 10.1 Å². The van der Waals surface area contributed by atoms with Crippen molar-refractivity contribution in [3.05, 3.63) is 98.4 Å². The van der Waals surface area contributed by atoms with Gasteiger partial charge in [0.15, 0.2) is 0 Å². The number of hydrogen-bond acceptors (Lipinski definition) is 3. The zero-order valence-electron chi connectivity index (χ0n) is 15.2. The minimum Gasteiger partial charge on any atom is -0.488 e. The topological polar surface area (TPSA) is 62.1 Å². The molecule has 0 aliphatic carbocycles. The van der Waals surface area contributed by atoms with Crippen LogP contribution in [0.15, 0.2) is 87.3 Å². The fourth-order valence-corrected chi connectivity index (χ4v) is 3.28. The van der Waals surface area contributed by atoms with Gasteiger partial charge in [-0.25, -0.2) is 0 Å². The average molecular weight is 512 g/mol. The highest BCUT2D eigenvalue weighted by Crippen LogP contribution is 2.28. The second-order valence-electron chi connectivity index (χ2n) is 6.09. The highest BCUT2D eigenvalue weighted by atomic mass is 79.9. The van der Waals surface area contributed by atoms with Crippen molar-refractivity contribution in [2.45, 2.75) is 6.61 Å². The van der Waals surface area contributed by atoms with E-state index < -0.39 is 5.91 Å². The molecule has 0 atom stereocenters. The molecule has 0 aromatic heterocycles. The van der Waals surface area contributed by atoms with Crippen molar-refractivity contribution in [1.29, 1.82) is 5.26 Å². The first-order valence-electron chi connectivity index (χ1n) is 8.70. The zero-order valence-corrected chi connectivity index (χ0v) is 18.4. The van der Waals surface area contributed by atoms with Gasteiger partial charge >= 0.3 is 0 Å². The summed E-state index contributed by atoms with van der Waals surface area (Å²) in [5.74, 6) is 0.225. The van der Waals surface area contributed by atoms with Crippen molar-refractivity contribution in [3.63, 3.8) is 0 Å². The van der Waals surface area contributed by atoms with Gasteiger partial charge in [0.05, 0.1) is 4.47 Å². The quantitative estimate of drug-likeness (QED) is 0.310. The van der Waals surface area contributed by atoms with E-state index in [0.29, 0.717) is 23.6 Å². The molecule has 0 saturated carbocycles. The number of rotatable bonds is 6. The van der Waals surface area contributed by atoms with Gasteiger partial charge in [-0.1, -0.05) is 52.3 Å². The van der Waals surface area contributed by atoms with Crippen molar-refractivity contribution in [2.75, 3.05) is 5.32 Å². The van der Waals surface area contributed by atoms with Crippen molar-refractivity contribution in [1.82, 2.24) is 0 Å². The van der Waals surface area contributed by atoms with Gasteiger partial charge in [-0.05, 0) is 69.5 Å². The minimum absolute atomic E-state index is 0.0179. The molecule has 4 nitrogen and oxygen atoms in total. The van der Waals surface area contributed by atoms with Gasteiger partial charge in [0.2, 0.25) is 0 Å². The van der Waals surface area contributed by atoms with E-state index in [1.165, 1.54) is 0 Å². The standard InChI is InChI=1S/C23H16Br2N2O2/c24-19-9-6-16(7-10-19)15-29-22-11-8-17(13-21(22)25)12-18(14-26)23(28)27-20-4-2-1-3-5-20/h1-13H,15H2,(H,27,28). The van der Waals surface area contributed by atoms with Crippen LogP contribution in [0.4, 0.5) is 5.69 Å². The maximum Gasteiger partial charge on any atom is 0.266 e. The van der Waals surface area contributed by atoms with Crippen LogP contribution >= 0.6 is 31.9 Å². The number of nitriles is 1. The lowest BCUT2D eigenvalue weighted by molar-refractivity contribution is -0.112. The molecule has 0 aliphatic rings. The number of halogens is 2. The third kappa shape index (κ3) is 6.05. The molecule has 0 fully saturated rings. The number of benzene rings is 3. The molecule has 1 N–H and O–H groups in total. The number of carbonyl (C=O) groups is 1. The largest absolute Gasteiger partial charge is 0.488 e. The molecule has 0 unspecified atom stereocenters. The minimum atomic E-state index is -0.453. The summed E-state index contributed by atoms with van der Waals surface area (Å²) < 4.78 is 7.61. The summed E-state index contributed by atoms with van der Waals surface area (Å²) in [6.07, 6.45) is 1.54. The Morgan fingerprint density at radius 1 is 1.03 bits per heavy atom. The maximum atomic E-state index is 12.3. The van der Waals surface area contributed by atoms with E-state index in [2.05, 4.69) is 37.2 Å². The van der Waals surface area contributed by atoms with E-state index in [1.807, 2.05) is 54.6 Å². The Kier molecular flexibility index (Phi) is 7.23. The van der Waals surface area contributed by atoms with Crippen molar-refractivity contribution >= 4 is 49.5 Å². The van der Waals surface area contributed by atoms with E-state index in [9.17, 15) is 10.1 Å². The van der Waals surface area contributed by atoms with Crippen LogP contribution in [-0.2, 0) is 11.4 Å². The number of hydrogen-bond donors (Lipinski definition) is 1. The van der Waals surface area contributed by atoms with Crippen LogP contribution in [0, 0.1) is 11.3 Å². The Morgan fingerprint density at radius 2 is 1.76 bits per heavy atom. The summed E-state index contributed by atoms with van der Waals surface area (Å²) in [6, 6.07) is 24.3. The normalized spacial score (nSPS) is 10.9. The summed E-state index contributed by atoms with van der Waals surface area (Å²) in [5.41, 5.74) is 2.42. The van der Waals surface area contributed by atoms with Crippen LogP contribution in [0.3, 0.4) is 0 Å². The summed E-state index contributed by atoms with van der Waals surface area (Å²) in [7, 11) is 0. The Morgan fingerprint density at radius 3 is 2.41 bits per heavy atom. The van der Waals surface area contributed by atoms with Gasteiger partial charge in [-0.15, -0.1) is 0 Å². The third-order valence-electron chi connectivity index (χ3n) is 3.97. The molecular weight excluding hydrogens is 496 g/mol. The summed E-state index contributed by atoms with van der Waals surface area (Å²) in [6.45, 7) is 0.435. The van der Waals surface area contributed by atoms with Gasteiger partial charge in [-0.2, -0.15) is 5.26 Å². The molecular formula is C23H16Br2N2O2. The first-order valence-corrected chi connectivity index (χ1v) is 10.3. The molecule has 3 rings (SSSR count). The number of ether oxygens (including phenoxy) is 1. The van der Waals surface area contributed by atoms with Crippen LogP contribution in [-0.4, -0.2) is 5.91 Å². The predicted molar refractivity (Wildman–Crippen MR) is 121 cm³/mol. The van der Waals surface area contributed by atoms with E-state index in [4.69, 9.17) is 4.74 Å². The first kappa shape index (κ1) is 20.8. The monoisotopic (exact) mass is 510 g/mol. The number of amides is 1. The number of para-hydroxylation sites is 1. The lowest BCUT2D eigenvalue weighted by atomic mass is 10.1. The lowest BCUT2D eigenvalue weighted by Crippen LogP contribution is -2.13. The van der Waals surface area contributed by atoms with Crippen LogP contribution in [0.1, 0.15) is 11.1 Å². The lowest BCUT2D eigenvalue weighted by Gasteiger charge is -2.09. The van der Waals surface area contributed by atoms with Gasteiger partial charge in [0.25, 0.3) is 5.91 Å². The SMILES string of the molecule is N#CC(=Cc1ccc(OCc2ccc(Br)cc2)c(Br)c1)C(=O)Nc1ccccc1. The molecule has 3 aromatic rings. The van der Waals surface area contributed by atoms with Crippen LogP contribution in [0.25, 0.3) is 6.08 Å². The highest BCUT2D eigenvalue weighted by Gasteiger charge is 2.10. The molecule has 29 heavy (non-hydrogen) atoms. The maximum absolute atomic E-state index is 12.3. The smallest absolute Gasteiger partial charge is 0.266 e. The molecule has 1 amide bonds. The Bertz CT molecular complexity index is 1070. The Labute approximate surface area is 186 Å². The van der Waals surface area contributed by atoms with Gasteiger partial charge in [0, 0.05) is 10.2 Å². The van der Waals surface area contributed by atoms with Gasteiger partial charge in [0.1, 0.15) is 24.0 Å². The van der Waals surface area contributed by atoms with E-state index in [0.717, 1.165) is 14.5 Å². The van der Waals surface area contributed by atoms with Crippen molar-refractivity contribution < 1.29 is 9.53 Å². The van der Waals surface area contributed by atoms with Crippen LogP contribution in [0.5, 0.6) is 5.75 Å². The molecule has 144 valence electrons. The number of nitrogens with zero attached hydrogens (tertiary/aromatic N) is 1. The van der Waals surface area contributed by atoms with Gasteiger partial charge in [-0.3, -0.25) is 4.79 Å². The summed E-state index contributed by atoms with van der Waals surface area (Å²) in [5, 5.41) is 12.1. The Hall–Kier alpha value is -2.88. The van der Waals surface area contributed by atoms with Crippen molar-refractivity contribution in [3.8, 4) is 11.8 Å². The zero-order chi connectivity index (χ0) is 20.6. The number of anilines is 1. The fourth-order valence-electron chi connectivity index (χ4n) is 2.50. The number of nitrogens with one attached hydrogen (secondary N) is 1. The van der Waals surface area contributed by atoms with E-state index in [-0.39, 0.29) is 5.57 Å². The summed E-state index contributed by atoms with van der Waals surface area (Å²) in [4.78, 5) is 12.3. The molecule has 0 spiro atoms. The molecule has 0 aliphatic heterocycles. The molecule has 0 radical (unpaired) electrons. The molecule has 0 bridgehead atoms. The third-order valence-corrected chi connectivity index (χ3v) is 5.12. The second kappa shape index (κ2) is 10.1. The summed E-state index contributed by atoms with van der Waals surface area (Å²) >= 11 is 6.90. The van der Waals surface area contributed by atoms with E-state index >= 15 is 0 Å². The average Bonchev–Trinajstić information content (AvgIpc) is 2.73. The number of carbonyl (C=O) groups excluding carboxylic acids is 1. The van der Waals surface area contributed by atoms with Crippen LogP contribution in [0.2, 0.25) is 0 Å². The molecule has 3 aromatic carbocycles. The van der Waals surface area contributed by atoms with E-state index in [1.54, 1.807) is 30.3 Å². The predicted octanol–water partition coefficient (Wildman–Crippen LogP) is 6.34. The first-order chi connectivity index (χ1) is 14.0. The molecule has 6 heteroatoms. The Balaban J connectivity index is 1.70.